The van der Waals surface area contributed by atoms with Crippen molar-refractivity contribution in [3.63, 3.8) is 0 Å². The first-order chi connectivity index (χ1) is 16.6. The number of benzene rings is 2. The number of nitrogens with one attached hydrogen (secondary N) is 1. The van der Waals surface area contributed by atoms with Gasteiger partial charge in [0, 0.05) is 55.1 Å². The molecule has 6 heteroatoms. The summed E-state index contributed by atoms with van der Waals surface area (Å²) in [5.41, 5.74) is 3.35. The van der Waals surface area contributed by atoms with Crippen molar-refractivity contribution in [2.24, 2.45) is 0 Å². The smallest absolute Gasteiger partial charge is 0.220 e. The van der Waals surface area contributed by atoms with Crippen LogP contribution >= 0.6 is 0 Å². The van der Waals surface area contributed by atoms with Crippen LogP contribution in [0.5, 0.6) is 11.5 Å². The Bertz CT molecular complexity index is 1080. The van der Waals surface area contributed by atoms with Crippen molar-refractivity contribution < 1.29 is 14.3 Å². The Morgan fingerprint density at radius 2 is 1.74 bits per heavy atom. The van der Waals surface area contributed by atoms with Gasteiger partial charge < -0.3 is 24.3 Å². The van der Waals surface area contributed by atoms with Gasteiger partial charge in [-0.2, -0.15) is 0 Å². The summed E-state index contributed by atoms with van der Waals surface area (Å²) in [4.78, 5) is 15.6. The zero-order valence-electron chi connectivity index (χ0n) is 20.7. The van der Waals surface area contributed by atoms with Gasteiger partial charge in [0.2, 0.25) is 5.91 Å². The molecule has 0 saturated carbocycles. The van der Waals surface area contributed by atoms with Gasteiger partial charge in [-0.05, 0) is 62.2 Å². The average molecular weight is 464 g/mol. The maximum absolute atomic E-state index is 13.2. The summed E-state index contributed by atoms with van der Waals surface area (Å²) in [6, 6.07) is 14.3. The third kappa shape index (κ3) is 5.55. The molecular weight excluding hydrogens is 426 g/mol. The lowest BCUT2D eigenvalue weighted by Gasteiger charge is -2.26. The number of fused-ring (bicyclic) bond motifs is 1. The summed E-state index contributed by atoms with van der Waals surface area (Å²) in [6.07, 6.45) is 6.40. The van der Waals surface area contributed by atoms with E-state index in [1.165, 1.54) is 30.2 Å². The SMILES string of the molecule is CCn1cc([C@@H](CC(=O)NCCN2CCCCC2)c2cc(OC)cc(OC)c2)c2ccccc21. The number of nitrogens with zero attached hydrogens (tertiary/aromatic N) is 2. The quantitative estimate of drug-likeness (QED) is 0.469. The second kappa shape index (κ2) is 11.4. The Morgan fingerprint density at radius 1 is 1.03 bits per heavy atom. The van der Waals surface area contributed by atoms with E-state index in [0.29, 0.717) is 13.0 Å². The highest BCUT2D eigenvalue weighted by Gasteiger charge is 2.24. The Morgan fingerprint density at radius 3 is 2.41 bits per heavy atom. The summed E-state index contributed by atoms with van der Waals surface area (Å²) in [7, 11) is 3.31. The molecule has 0 radical (unpaired) electrons. The van der Waals surface area contributed by atoms with Gasteiger partial charge in [0.05, 0.1) is 14.2 Å². The molecule has 0 spiro atoms. The fraction of sp³-hybridized carbons (Fsp3) is 0.464. The molecule has 182 valence electrons. The van der Waals surface area contributed by atoms with Crippen molar-refractivity contribution >= 4 is 16.8 Å². The molecule has 2 aromatic carbocycles. The third-order valence-electron chi connectivity index (χ3n) is 6.90. The number of carbonyl (C=O) groups excluding carboxylic acids is 1. The molecule has 1 aromatic heterocycles. The summed E-state index contributed by atoms with van der Waals surface area (Å²) in [5, 5.41) is 4.35. The van der Waals surface area contributed by atoms with Gasteiger partial charge in [0.15, 0.2) is 0 Å². The highest BCUT2D eigenvalue weighted by molar-refractivity contribution is 5.86. The Hall–Kier alpha value is -2.99. The molecule has 1 aliphatic heterocycles. The van der Waals surface area contributed by atoms with Gasteiger partial charge in [-0.1, -0.05) is 24.6 Å². The zero-order valence-corrected chi connectivity index (χ0v) is 20.7. The van der Waals surface area contributed by atoms with Crippen LogP contribution in [-0.2, 0) is 11.3 Å². The molecule has 6 nitrogen and oxygen atoms in total. The van der Waals surface area contributed by atoms with Crippen molar-refractivity contribution in [3.05, 3.63) is 59.8 Å². The normalized spacial score (nSPS) is 15.3. The third-order valence-corrected chi connectivity index (χ3v) is 6.90. The first-order valence-corrected chi connectivity index (χ1v) is 12.4. The van der Waals surface area contributed by atoms with Crippen LogP contribution in [0.2, 0.25) is 0 Å². The number of aromatic nitrogens is 1. The second-order valence-electron chi connectivity index (χ2n) is 9.04. The molecule has 34 heavy (non-hydrogen) atoms. The number of para-hydroxylation sites is 1. The van der Waals surface area contributed by atoms with Gasteiger partial charge in [-0.3, -0.25) is 4.79 Å². The van der Waals surface area contributed by atoms with Gasteiger partial charge in [-0.15, -0.1) is 0 Å². The lowest BCUT2D eigenvalue weighted by atomic mass is 9.87. The number of hydrogen-bond acceptors (Lipinski definition) is 4. The zero-order chi connectivity index (χ0) is 23.9. The monoisotopic (exact) mass is 463 g/mol. The van der Waals surface area contributed by atoms with E-state index >= 15 is 0 Å². The number of amides is 1. The number of rotatable bonds is 10. The summed E-state index contributed by atoms with van der Waals surface area (Å²) < 4.78 is 13.3. The van der Waals surface area contributed by atoms with Gasteiger partial charge in [0.1, 0.15) is 11.5 Å². The fourth-order valence-corrected chi connectivity index (χ4v) is 5.05. The highest BCUT2D eigenvalue weighted by Crippen LogP contribution is 2.37. The molecular formula is C28H37N3O3. The molecule has 1 saturated heterocycles. The van der Waals surface area contributed by atoms with Gasteiger partial charge in [0.25, 0.3) is 0 Å². The van der Waals surface area contributed by atoms with E-state index < -0.39 is 0 Å². The minimum Gasteiger partial charge on any atom is -0.497 e. The molecule has 1 N–H and O–H groups in total. The largest absolute Gasteiger partial charge is 0.497 e. The fourth-order valence-electron chi connectivity index (χ4n) is 5.05. The maximum Gasteiger partial charge on any atom is 0.220 e. The predicted octanol–water partition coefficient (Wildman–Crippen LogP) is 4.80. The Balaban J connectivity index is 1.62. The summed E-state index contributed by atoms with van der Waals surface area (Å²) >= 11 is 0. The molecule has 1 amide bonds. The highest BCUT2D eigenvalue weighted by atomic mass is 16.5. The van der Waals surface area contributed by atoms with E-state index in [-0.39, 0.29) is 11.8 Å². The average Bonchev–Trinajstić information content (AvgIpc) is 3.26. The van der Waals surface area contributed by atoms with E-state index in [9.17, 15) is 4.79 Å². The van der Waals surface area contributed by atoms with Gasteiger partial charge >= 0.3 is 0 Å². The number of hydrogen-bond donors (Lipinski definition) is 1. The first kappa shape index (κ1) is 24.1. The van der Waals surface area contributed by atoms with Crippen LogP contribution in [0.1, 0.15) is 49.7 Å². The standard InChI is InChI=1S/C28H37N3O3/c1-4-31-20-26(24-10-6-7-11-27(24)31)25(21-16-22(33-2)18-23(17-21)34-3)19-28(32)29-12-15-30-13-8-5-9-14-30/h6-7,10-11,16-18,20,25H,4-5,8-9,12-15,19H2,1-3H3,(H,29,32)/t25-/m0/s1. The number of piperidine rings is 1. The van der Waals surface area contributed by atoms with Crippen molar-refractivity contribution in [3.8, 4) is 11.5 Å². The molecule has 1 aliphatic rings. The van der Waals surface area contributed by atoms with Crippen molar-refractivity contribution in [1.29, 1.82) is 0 Å². The number of ether oxygens (including phenoxy) is 2. The summed E-state index contributed by atoms with van der Waals surface area (Å²) in [6.45, 7) is 6.89. The second-order valence-corrected chi connectivity index (χ2v) is 9.04. The van der Waals surface area contributed by atoms with Crippen molar-refractivity contribution in [2.75, 3.05) is 40.4 Å². The number of likely N-dealkylation sites (tertiary alicyclic amines) is 1. The number of methoxy groups -OCH3 is 2. The number of carbonyl (C=O) groups is 1. The molecule has 0 bridgehead atoms. The molecule has 4 rings (SSSR count). The molecule has 0 unspecified atom stereocenters. The van der Waals surface area contributed by atoms with E-state index in [0.717, 1.165) is 48.8 Å². The van der Waals surface area contributed by atoms with E-state index in [4.69, 9.17) is 9.47 Å². The Labute approximate surface area is 202 Å². The lowest BCUT2D eigenvalue weighted by molar-refractivity contribution is -0.121. The maximum atomic E-state index is 13.2. The molecule has 1 atom stereocenters. The van der Waals surface area contributed by atoms with Crippen LogP contribution in [0.25, 0.3) is 10.9 Å². The van der Waals surface area contributed by atoms with Crippen LogP contribution in [0.3, 0.4) is 0 Å². The predicted molar refractivity (Wildman–Crippen MR) is 137 cm³/mol. The van der Waals surface area contributed by atoms with Crippen molar-refractivity contribution in [1.82, 2.24) is 14.8 Å². The molecule has 3 aromatic rings. The molecule has 0 aliphatic carbocycles. The van der Waals surface area contributed by atoms with E-state index in [1.807, 2.05) is 18.2 Å². The van der Waals surface area contributed by atoms with Crippen LogP contribution in [0, 0.1) is 0 Å². The van der Waals surface area contributed by atoms with Crippen LogP contribution in [-0.4, -0.2) is 55.8 Å². The van der Waals surface area contributed by atoms with E-state index in [1.54, 1.807) is 14.2 Å². The van der Waals surface area contributed by atoms with Crippen LogP contribution in [0.4, 0.5) is 0 Å². The number of aryl methyl sites for hydroxylation is 1. The summed E-state index contributed by atoms with van der Waals surface area (Å²) in [5.74, 6) is 1.40. The van der Waals surface area contributed by atoms with Crippen molar-refractivity contribution in [2.45, 2.75) is 45.1 Å². The first-order valence-electron chi connectivity index (χ1n) is 12.4. The molecule has 1 fully saturated rings. The molecule has 2 heterocycles. The van der Waals surface area contributed by atoms with Gasteiger partial charge in [-0.25, -0.2) is 0 Å². The topological polar surface area (TPSA) is 55.7 Å². The minimum absolute atomic E-state index is 0.0668. The lowest BCUT2D eigenvalue weighted by Crippen LogP contribution is -2.38. The van der Waals surface area contributed by atoms with Crippen LogP contribution < -0.4 is 14.8 Å². The Kier molecular flexibility index (Phi) is 8.12. The minimum atomic E-state index is -0.114. The van der Waals surface area contributed by atoms with E-state index in [2.05, 4.69) is 52.2 Å². The van der Waals surface area contributed by atoms with Crippen LogP contribution in [0.15, 0.2) is 48.7 Å².